The zero-order valence-corrected chi connectivity index (χ0v) is 11.7. The Bertz CT molecular complexity index is 339. The number of anilines is 1. The first-order chi connectivity index (χ1) is 8.11. The summed E-state index contributed by atoms with van der Waals surface area (Å²) in [6.45, 7) is 7.53. The number of nitrogens with one attached hydrogen (secondary N) is 1. The largest absolute Gasteiger partial charge is 0.370 e. The fourth-order valence-corrected chi connectivity index (χ4v) is 1.82. The summed E-state index contributed by atoms with van der Waals surface area (Å²) in [5, 5.41) is 3.83. The van der Waals surface area contributed by atoms with E-state index in [1.807, 2.05) is 0 Å². The molecule has 0 aliphatic carbocycles. The van der Waals surface area contributed by atoms with Gasteiger partial charge in [0.2, 0.25) is 0 Å². The van der Waals surface area contributed by atoms with Crippen LogP contribution in [-0.2, 0) is 6.42 Å². The van der Waals surface area contributed by atoms with Gasteiger partial charge in [-0.3, -0.25) is 0 Å². The Hall–Kier alpha value is -0.830. The third kappa shape index (κ3) is 5.87. The number of rotatable bonds is 7. The molecule has 0 aliphatic rings. The van der Waals surface area contributed by atoms with Gasteiger partial charge in [-0.15, -0.1) is 0 Å². The van der Waals surface area contributed by atoms with Gasteiger partial charge in [-0.2, -0.15) is 0 Å². The summed E-state index contributed by atoms with van der Waals surface area (Å²) in [6.07, 6.45) is 4.30. The molecule has 0 atom stereocenters. The first-order valence-corrected chi connectivity index (χ1v) is 6.77. The van der Waals surface area contributed by atoms with Gasteiger partial charge in [0, 0.05) is 19.0 Å². The maximum atomic E-state index is 5.96. The van der Waals surface area contributed by atoms with Gasteiger partial charge in [0.1, 0.15) is 16.8 Å². The second kappa shape index (κ2) is 7.49. The Kier molecular flexibility index (Phi) is 6.27. The van der Waals surface area contributed by atoms with E-state index >= 15 is 0 Å². The number of hydrogen-bond acceptors (Lipinski definition) is 3. The molecule has 0 aliphatic heterocycles. The van der Waals surface area contributed by atoms with Crippen molar-refractivity contribution in [3.8, 4) is 0 Å². The molecule has 3 nitrogen and oxygen atoms in total. The van der Waals surface area contributed by atoms with E-state index in [9.17, 15) is 0 Å². The van der Waals surface area contributed by atoms with E-state index in [1.54, 1.807) is 6.07 Å². The zero-order chi connectivity index (χ0) is 12.7. The van der Waals surface area contributed by atoms with Crippen LogP contribution >= 0.6 is 11.6 Å². The summed E-state index contributed by atoms with van der Waals surface area (Å²) in [5.41, 5.74) is 0. The van der Waals surface area contributed by atoms with Gasteiger partial charge in [0.05, 0.1) is 0 Å². The number of aromatic nitrogens is 2. The maximum Gasteiger partial charge on any atom is 0.134 e. The topological polar surface area (TPSA) is 37.8 Å². The second-order valence-corrected chi connectivity index (χ2v) is 5.09. The van der Waals surface area contributed by atoms with Crippen LogP contribution in [0.5, 0.6) is 0 Å². The molecule has 0 aromatic carbocycles. The Morgan fingerprint density at radius 3 is 2.76 bits per heavy atom. The average Bonchev–Trinajstić information content (AvgIpc) is 2.24. The SMILES string of the molecule is CCCc1nc(Cl)cc(NCCCC(C)C)n1. The van der Waals surface area contributed by atoms with Crippen molar-refractivity contribution in [2.24, 2.45) is 5.92 Å². The molecule has 1 N–H and O–H groups in total. The van der Waals surface area contributed by atoms with E-state index < -0.39 is 0 Å². The predicted molar refractivity (Wildman–Crippen MR) is 73.6 cm³/mol. The molecule has 0 saturated carbocycles. The molecule has 0 fully saturated rings. The molecule has 0 bridgehead atoms. The van der Waals surface area contributed by atoms with Crippen LogP contribution in [0.2, 0.25) is 5.15 Å². The number of aryl methyl sites for hydroxylation is 1. The minimum absolute atomic E-state index is 0.523. The number of nitrogens with zero attached hydrogens (tertiary/aromatic N) is 2. The molecule has 96 valence electrons. The van der Waals surface area contributed by atoms with E-state index in [4.69, 9.17) is 11.6 Å². The van der Waals surface area contributed by atoms with Crippen LogP contribution in [0.1, 0.15) is 45.9 Å². The van der Waals surface area contributed by atoms with Crippen molar-refractivity contribution in [2.75, 3.05) is 11.9 Å². The summed E-state index contributed by atoms with van der Waals surface area (Å²) in [4.78, 5) is 8.63. The lowest BCUT2D eigenvalue weighted by Gasteiger charge is -2.08. The summed E-state index contributed by atoms with van der Waals surface area (Å²) < 4.78 is 0. The van der Waals surface area contributed by atoms with Crippen LogP contribution in [0, 0.1) is 5.92 Å². The second-order valence-electron chi connectivity index (χ2n) is 4.70. The molecule has 17 heavy (non-hydrogen) atoms. The minimum atomic E-state index is 0.523. The van der Waals surface area contributed by atoms with Gasteiger partial charge in [0.15, 0.2) is 0 Å². The highest BCUT2D eigenvalue weighted by molar-refractivity contribution is 6.29. The molecule has 1 aromatic heterocycles. The Morgan fingerprint density at radius 2 is 2.12 bits per heavy atom. The molecular weight excluding hydrogens is 234 g/mol. The highest BCUT2D eigenvalue weighted by atomic mass is 35.5. The molecule has 0 radical (unpaired) electrons. The van der Waals surface area contributed by atoms with Crippen LogP contribution in [0.15, 0.2) is 6.07 Å². The van der Waals surface area contributed by atoms with Gasteiger partial charge in [-0.25, -0.2) is 9.97 Å². The van der Waals surface area contributed by atoms with Gasteiger partial charge in [-0.05, 0) is 25.2 Å². The lowest BCUT2D eigenvalue weighted by molar-refractivity contribution is 0.566. The van der Waals surface area contributed by atoms with Crippen LogP contribution in [0.3, 0.4) is 0 Å². The quantitative estimate of drug-likeness (QED) is 0.593. The van der Waals surface area contributed by atoms with Gasteiger partial charge >= 0.3 is 0 Å². The highest BCUT2D eigenvalue weighted by Gasteiger charge is 2.02. The summed E-state index contributed by atoms with van der Waals surface area (Å²) in [7, 11) is 0. The average molecular weight is 256 g/mol. The molecule has 0 amide bonds. The van der Waals surface area contributed by atoms with Crippen molar-refractivity contribution in [1.82, 2.24) is 9.97 Å². The summed E-state index contributed by atoms with van der Waals surface area (Å²) in [5.74, 6) is 2.42. The predicted octanol–water partition coefficient (Wildman–Crippen LogP) is 3.93. The Labute approximate surface area is 109 Å². The van der Waals surface area contributed by atoms with Crippen molar-refractivity contribution in [2.45, 2.75) is 46.5 Å². The van der Waals surface area contributed by atoms with Crippen LogP contribution < -0.4 is 5.32 Å². The van der Waals surface area contributed by atoms with Crippen molar-refractivity contribution in [3.63, 3.8) is 0 Å². The van der Waals surface area contributed by atoms with E-state index in [0.717, 1.165) is 43.4 Å². The van der Waals surface area contributed by atoms with Crippen molar-refractivity contribution >= 4 is 17.4 Å². The molecular formula is C13H22ClN3. The van der Waals surface area contributed by atoms with Gasteiger partial charge < -0.3 is 5.32 Å². The zero-order valence-electron chi connectivity index (χ0n) is 11.0. The molecule has 1 heterocycles. The van der Waals surface area contributed by atoms with E-state index in [0.29, 0.717) is 5.15 Å². The van der Waals surface area contributed by atoms with E-state index in [2.05, 4.69) is 36.1 Å². The Balaban J connectivity index is 2.46. The van der Waals surface area contributed by atoms with Crippen molar-refractivity contribution < 1.29 is 0 Å². The molecule has 1 rings (SSSR count). The standard InChI is InChI=1S/C13H22ClN3/c1-4-6-12-16-11(14)9-13(17-12)15-8-5-7-10(2)3/h9-10H,4-8H2,1-3H3,(H,15,16,17). The number of hydrogen-bond donors (Lipinski definition) is 1. The summed E-state index contributed by atoms with van der Waals surface area (Å²) in [6, 6.07) is 1.79. The molecule has 0 unspecified atom stereocenters. The van der Waals surface area contributed by atoms with Crippen molar-refractivity contribution in [1.29, 1.82) is 0 Å². The molecule has 1 aromatic rings. The van der Waals surface area contributed by atoms with Crippen molar-refractivity contribution in [3.05, 3.63) is 17.0 Å². The molecule has 4 heteroatoms. The van der Waals surface area contributed by atoms with Crippen LogP contribution in [0.25, 0.3) is 0 Å². The fraction of sp³-hybridized carbons (Fsp3) is 0.692. The first-order valence-electron chi connectivity index (χ1n) is 6.39. The lowest BCUT2D eigenvalue weighted by Crippen LogP contribution is -2.07. The number of halogens is 1. The van der Waals surface area contributed by atoms with Crippen LogP contribution in [0.4, 0.5) is 5.82 Å². The maximum absolute atomic E-state index is 5.96. The normalized spacial score (nSPS) is 10.9. The highest BCUT2D eigenvalue weighted by Crippen LogP contribution is 2.13. The smallest absolute Gasteiger partial charge is 0.134 e. The fourth-order valence-electron chi connectivity index (χ4n) is 1.62. The Morgan fingerprint density at radius 1 is 1.35 bits per heavy atom. The minimum Gasteiger partial charge on any atom is -0.370 e. The lowest BCUT2D eigenvalue weighted by atomic mass is 10.1. The molecule has 0 spiro atoms. The molecule has 0 saturated heterocycles. The monoisotopic (exact) mass is 255 g/mol. The third-order valence-electron chi connectivity index (χ3n) is 2.48. The summed E-state index contributed by atoms with van der Waals surface area (Å²) >= 11 is 5.96. The van der Waals surface area contributed by atoms with E-state index in [-0.39, 0.29) is 0 Å². The van der Waals surface area contributed by atoms with Gasteiger partial charge in [0.25, 0.3) is 0 Å². The van der Waals surface area contributed by atoms with Crippen LogP contribution in [-0.4, -0.2) is 16.5 Å². The van der Waals surface area contributed by atoms with E-state index in [1.165, 1.54) is 6.42 Å². The van der Waals surface area contributed by atoms with Gasteiger partial charge in [-0.1, -0.05) is 32.4 Å². The first kappa shape index (κ1) is 14.2. The third-order valence-corrected chi connectivity index (χ3v) is 2.67.